The molecule has 3 saturated carbocycles. The van der Waals surface area contributed by atoms with E-state index in [1.807, 2.05) is 13.8 Å². The topological polar surface area (TPSA) is 74.6 Å². The number of aliphatic hydroxyl groups excluding tert-OH is 1. The summed E-state index contributed by atoms with van der Waals surface area (Å²) in [5.74, 6) is -0.734. The van der Waals surface area contributed by atoms with E-state index in [4.69, 9.17) is 0 Å². The third-order valence-electron chi connectivity index (χ3n) is 11.4. The molecular formula is C29H38O4. The molecule has 2 N–H and O–H groups in total. The number of fused-ring (bicyclic) bond motifs is 7. The van der Waals surface area contributed by atoms with Crippen molar-refractivity contribution in [3.63, 3.8) is 0 Å². The quantitative estimate of drug-likeness (QED) is 0.466. The fraction of sp³-hybridized carbons (Fsp3) is 0.655. The monoisotopic (exact) mass is 450 g/mol. The predicted octanol–water partition coefficient (Wildman–Crippen LogP) is 6.70. The molecule has 0 aromatic rings. The summed E-state index contributed by atoms with van der Waals surface area (Å²) in [6.45, 7) is 13.3. The van der Waals surface area contributed by atoms with E-state index in [-0.39, 0.29) is 33.2 Å². The number of ketones is 1. The molecule has 0 amide bonds. The van der Waals surface area contributed by atoms with Crippen LogP contribution >= 0.6 is 0 Å². The van der Waals surface area contributed by atoms with E-state index >= 15 is 0 Å². The van der Waals surface area contributed by atoms with Crippen LogP contribution in [0.25, 0.3) is 0 Å². The van der Waals surface area contributed by atoms with Crippen LogP contribution in [0.5, 0.6) is 0 Å². The Bertz CT molecular complexity index is 1100. The van der Waals surface area contributed by atoms with Gasteiger partial charge in [0.25, 0.3) is 0 Å². The highest BCUT2D eigenvalue weighted by Crippen LogP contribution is 2.75. The summed E-state index contributed by atoms with van der Waals surface area (Å²) in [6.07, 6.45) is 12.7. The molecule has 0 aromatic heterocycles. The van der Waals surface area contributed by atoms with E-state index in [0.29, 0.717) is 11.5 Å². The van der Waals surface area contributed by atoms with E-state index in [1.165, 1.54) is 5.57 Å². The van der Waals surface area contributed by atoms with E-state index in [9.17, 15) is 19.8 Å². The van der Waals surface area contributed by atoms with Crippen molar-refractivity contribution in [1.82, 2.24) is 0 Å². The van der Waals surface area contributed by atoms with Gasteiger partial charge in [-0.05, 0) is 98.2 Å². The second kappa shape index (κ2) is 6.52. The number of rotatable bonds is 1. The van der Waals surface area contributed by atoms with Crippen molar-refractivity contribution in [3.05, 3.63) is 46.3 Å². The van der Waals surface area contributed by atoms with E-state index < -0.39 is 11.4 Å². The standard InChI is InChI=1S/C29H38O4/c1-17-18-7-8-21-27(4,19(18)15-20(30)23(17)31)12-14-29(6)22-16-26(3,24(32)33)10-9-25(22,2)11-13-28(21,29)5/h7-8,15,22,31H,9-14,16H2,1-6H3,(H,32,33)/t22-,25+,26-,27+,28+,29-/m0/s1. The Hall–Kier alpha value is -2.10. The van der Waals surface area contributed by atoms with Gasteiger partial charge < -0.3 is 10.2 Å². The van der Waals surface area contributed by atoms with Crippen molar-refractivity contribution in [3.8, 4) is 0 Å². The van der Waals surface area contributed by atoms with Crippen LogP contribution in [-0.2, 0) is 9.59 Å². The van der Waals surface area contributed by atoms with Gasteiger partial charge in [-0.25, -0.2) is 0 Å². The van der Waals surface area contributed by atoms with Crippen molar-refractivity contribution < 1.29 is 19.8 Å². The lowest BCUT2D eigenvalue weighted by atomic mass is 9.34. The highest BCUT2D eigenvalue weighted by atomic mass is 16.4. The van der Waals surface area contributed by atoms with Gasteiger partial charge in [-0.2, -0.15) is 0 Å². The van der Waals surface area contributed by atoms with Gasteiger partial charge in [-0.15, -0.1) is 0 Å². The van der Waals surface area contributed by atoms with Gasteiger partial charge >= 0.3 is 5.97 Å². The van der Waals surface area contributed by atoms with Gasteiger partial charge in [0.05, 0.1) is 5.41 Å². The summed E-state index contributed by atoms with van der Waals surface area (Å²) < 4.78 is 0. The minimum atomic E-state index is -0.655. The van der Waals surface area contributed by atoms with Crippen LogP contribution in [0.4, 0.5) is 0 Å². The number of carboxylic acid groups (broad SMARTS) is 1. The molecule has 3 fully saturated rings. The Balaban J connectivity index is 1.64. The first-order valence-corrected chi connectivity index (χ1v) is 12.6. The van der Waals surface area contributed by atoms with E-state index in [0.717, 1.165) is 56.1 Å². The lowest BCUT2D eigenvalue weighted by molar-refractivity contribution is -0.178. The minimum absolute atomic E-state index is 0.0000746. The van der Waals surface area contributed by atoms with Crippen LogP contribution in [0.15, 0.2) is 46.3 Å². The summed E-state index contributed by atoms with van der Waals surface area (Å²) >= 11 is 0. The van der Waals surface area contributed by atoms with Crippen LogP contribution in [0.1, 0.15) is 86.5 Å². The van der Waals surface area contributed by atoms with Gasteiger partial charge in [0.15, 0.2) is 5.76 Å². The fourth-order valence-corrected chi connectivity index (χ4v) is 8.65. The molecule has 6 atom stereocenters. The number of hydrogen-bond donors (Lipinski definition) is 2. The average molecular weight is 451 g/mol. The molecule has 33 heavy (non-hydrogen) atoms. The third kappa shape index (κ3) is 2.64. The van der Waals surface area contributed by atoms with Gasteiger partial charge in [0.2, 0.25) is 5.78 Å². The Morgan fingerprint density at radius 2 is 1.64 bits per heavy atom. The van der Waals surface area contributed by atoms with E-state index in [1.54, 1.807) is 6.08 Å². The lowest BCUT2D eigenvalue weighted by Gasteiger charge is -2.70. The molecular weight excluding hydrogens is 412 g/mol. The number of hydrogen-bond acceptors (Lipinski definition) is 3. The zero-order chi connectivity index (χ0) is 24.2. The molecule has 4 heteroatoms. The van der Waals surface area contributed by atoms with Crippen molar-refractivity contribution in [2.24, 2.45) is 33.0 Å². The molecule has 0 radical (unpaired) electrons. The smallest absolute Gasteiger partial charge is 0.309 e. The minimum Gasteiger partial charge on any atom is -0.504 e. The maximum Gasteiger partial charge on any atom is 0.309 e. The summed E-state index contributed by atoms with van der Waals surface area (Å²) in [7, 11) is 0. The van der Waals surface area contributed by atoms with Crippen LogP contribution in [0.2, 0.25) is 0 Å². The molecule has 0 aliphatic heterocycles. The first kappa shape index (κ1) is 22.7. The summed E-state index contributed by atoms with van der Waals surface area (Å²) in [6, 6.07) is 0. The summed E-state index contributed by atoms with van der Waals surface area (Å²) in [5.41, 5.74) is 3.33. The summed E-state index contributed by atoms with van der Waals surface area (Å²) in [4.78, 5) is 24.8. The number of aliphatic hydroxyl groups is 1. The molecule has 5 aliphatic rings. The molecule has 0 saturated heterocycles. The summed E-state index contributed by atoms with van der Waals surface area (Å²) in [5, 5.41) is 20.3. The number of aliphatic carboxylic acids is 1. The molecule has 0 aromatic carbocycles. The zero-order valence-corrected chi connectivity index (χ0v) is 21.0. The first-order chi connectivity index (χ1) is 15.2. The normalized spacial score (nSPS) is 46.8. The van der Waals surface area contributed by atoms with Gasteiger partial charge in [0.1, 0.15) is 0 Å². The molecule has 0 bridgehead atoms. The molecule has 5 rings (SSSR count). The molecule has 0 heterocycles. The Kier molecular flexibility index (Phi) is 4.48. The van der Waals surface area contributed by atoms with Gasteiger partial charge in [-0.1, -0.05) is 45.4 Å². The fourth-order valence-electron chi connectivity index (χ4n) is 8.65. The van der Waals surface area contributed by atoms with Gasteiger partial charge in [0, 0.05) is 11.0 Å². The molecule has 5 aliphatic carbocycles. The van der Waals surface area contributed by atoms with Gasteiger partial charge in [-0.3, -0.25) is 9.59 Å². The first-order valence-electron chi connectivity index (χ1n) is 12.6. The lowest BCUT2D eigenvalue weighted by Crippen LogP contribution is -2.62. The van der Waals surface area contributed by atoms with Crippen LogP contribution in [-0.4, -0.2) is 22.0 Å². The van der Waals surface area contributed by atoms with Crippen molar-refractivity contribution in [1.29, 1.82) is 0 Å². The van der Waals surface area contributed by atoms with Crippen molar-refractivity contribution >= 4 is 11.8 Å². The second-order valence-corrected chi connectivity index (χ2v) is 12.9. The third-order valence-corrected chi connectivity index (χ3v) is 11.4. The molecule has 178 valence electrons. The van der Waals surface area contributed by atoms with Crippen LogP contribution in [0.3, 0.4) is 0 Å². The van der Waals surface area contributed by atoms with Crippen LogP contribution in [0, 0.1) is 33.0 Å². The average Bonchev–Trinajstić information content (AvgIpc) is 2.75. The molecule has 0 spiro atoms. The number of carboxylic acids is 1. The maximum absolute atomic E-state index is 12.6. The highest BCUT2D eigenvalue weighted by molar-refractivity contribution is 6.06. The Morgan fingerprint density at radius 3 is 2.30 bits per heavy atom. The van der Waals surface area contributed by atoms with Crippen molar-refractivity contribution in [2.45, 2.75) is 86.5 Å². The SMILES string of the molecule is CC1=C(O)C(=O)C=C2C1=CC=C1[C@]2(C)CC[C@@]2(C)[C@H]3C[C@@](C)(C(=O)O)CC[C@]3(C)CC[C@]12C. The number of carbonyl (C=O) groups is 2. The Morgan fingerprint density at radius 1 is 0.970 bits per heavy atom. The maximum atomic E-state index is 12.6. The highest BCUT2D eigenvalue weighted by Gasteiger charge is 2.67. The molecule has 4 nitrogen and oxygen atoms in total. The van der Waals surface area contributed by atoms with Crippen molar-refractivity contribution in [2.75, 3.05) is 0 Å². The Labute approximate surface area is 197 Å². The number of carbonyl (C=O) groups excluding carboxylic acids is 1. The largest absolute Gasteiger partial charge is 0.504 e. The zero-order valence-electron chi connectivity index (χ0n) is 21.0. The second-order valence-electron chi connectivity index (χ2n) is 12.9. The van der Waals surface area contributed by atoms with Crippen LogP contribution < -0.4 is 0 Å². The number of allylic oxidation sites excluding steroid dienone is 7. The molecule has 0 unspecified atom stereocenters. The predicted molar refractivity (Wildman–Crippen MR) is 129 cm³/mol. The van der Waals surface area contributed by atoms with E-state index in [2.05, 4.69) is 39.8 Å².